The molecule has 2 aliphatic rings. The smallest absolute Gasteiger partial charge is 0.0543 e. The van der Waals surface area contributed by atoms with Crippen molar-refractivity contribution in [3.63, 3.8) is 0 Å². The Balaban J connectivity index is 1.65. The van der Waals surface area contributed by atoms with Crippen molar-refractivity contribution in [3.8, 4) is 0 Å². The van der Waals surface area contributed by atoms with Crippen molar-refractivity contribution in [1.82, 2.24) is 20.0 Å². The Hall–Kier alpha value is -0.870. The summed E-state index contributed by atoms with van der Waals surface area (Å²) in [6.45, 7) is 4.72. The van der Waals surface area contributed by atoms with Gasteiger partial charge in [0.05, 0.1) is 12.2 Å². The van der Waals surface area contributed by atoms with E-state index < -0.39 is 0 Å². The molecule has 0 bridgehead atoms. The van der Waals surface area contributed by atoms with E-state index in [1.54, 1.807) is 0 Å². The first kappa shape index (κ1) is 12.2. The van der Waals surface area contributed by atoms with E-state index in [9.17, 15) is 0 Å². The Morgan fingerprint density at radius 2 is 1.89 bits per heavy atom. The van der Waals surface area contributed by atoms with Crippen molar-refractivity contribution in [2.24, 2.45) is 0 Å². The summed E-state index contributed by atoms with van der Waals surface area (Å²) in [6.07, 6.45) is 9.42. The number of nitrogens with zero attached hydrogens (tertiary/aromatic N) is 3. The topological polar surface area (TPSA) is 33.1 Å². The van der Waals surface area contributed by atoms with Crippen LogP contribution in [0.25, 0.3) is 0 Å². The zero-order valence-corrected chi connectivity index (χ0v) is 11.3. The Morgan fingerprint density at radius 3 is 2.61 bits per heavy atom. The molecule has 3 heterocycles. The largest absolute Gasteiger partial charge is 0.317 e. The lowest BCUT2D eigenvalue weighted by Crippen LogP contribution is -2.31. The lowest BCUT2D eigenvalue weighted by Gasteiger charge is -2.29. The predicted molar refractivity (Wildman–Crippen MR) is 72.8 cm³/mol. The SMILES string of the molecule is CN1CCC(n2cc(C3CCNCC3)cn2)CC1. The average Bonchev–Trinajstić information content (AvgIpc) is 2.90. The standard InChI is InChI=1S/C14H24N4/c1-17-8-4-14(5-9-17)18-11-13(10-16-18)12-2-6-15-7-3-12/h10-12,14-15H,2-9H2,1H3. The van der Waals surface area contributed by atoms with Gasteiger partial charge in [0.1, 0.15) is 0 Å². The number of rotatable bonds is 2. The molecule has 4 heteroatoms. The van der Waals surface area contributed by atoms with Crippen LogP contribution < -0.4 is 5.32 Å². The minimum Gasteiger partial charge on any atom is -0.317 e. The van der Waals surface area contributed by atoms with Crippen LogP contribution in [0.15, 0.2) is 12.4 Å². The second-order valence-electron chi connectivity index (χ2n) is 5.81. The predicted octanol–water partition coefficient (Wildman–Crippen LogP) is 1.62. The highest BCUT2D eigenvalue weighted by molar-refractivity contribution is 5.12. The van der Waals surface area contributed by atoms with Gasteiger partial charge in [0, 0.05) is 6.20 Å². The molecule has 1 aromatic rings. The van der Waals surface area contributed by atoms with Crippen LogP contribution in [0.2, 0.25) is 0 Å². The van der Waals surface area contributed by atoms with Gasteiger partial charge in [-0.2, -0.15) is 5.10 Å². The normalized spacial score (nSPS) is 24.5. The minimum atomic E-state index is 0.622. The number of nitrogens with one attached hydrogen (secondary N) is 1. The molecule has 0 amide bonds. The summed E-state index contributed by atoms with van der Waals surface area (Å²) in [4.78, 5) is 2.41. The van der Waals surface area contributed by atoms with Crippen molar-refractivity contribution in [3.05, 3.63) is 18.0 Å². The van der Waals surface area contributed by atoms with Crippen molar-refractivity contribution >= 4 is 0 Å². The third-order valence-corrected chi connectivity index (χ3v) is 4.49. The van der Waals surface area contributed by atoms with Crippen LogP contribution in [-0.4, -0.2) is 47.9 Å². The summed E-state index contributed by atoms with van der Waals surface area (Å²) in [5.41, 5.74) is 1.45. The van der Waals surface area contributed by atoms with Crippen molar-refractivity contribution < 1.29 is 0 Å². The fraction of sp³-hybridized carbons (Fsp3) is 0.786. The lowest BCUT2D eigenvalue weighted by atomic mass is 9.93. The number of likely N-dealkylation sites (tertiary alicyclic amines) is 1. The van der Waals surface area contributed by atoms with Gasteiger partial charge in [0.25, 0.3) is 0 Å². The van der Waals surface area contributed by atoms with E-state index in [0.29, 0.717) is 6.04 Å². The van der Waals surface area contributed by atoms with Gasteiger partial charge in [0.2, 0.25) is 0 Å². The maximum absolute atomic E-state index is 4.62. The molecule has 0 aliphatic carbocycles. The summed E-state index contributed by atoms with van der Waals surface area (Å²) >= 11 is 0. The first-order valence-corrected chi connectivity index (χ1v) is 7.26. The van der Waals surface area contributed by atoms with Crippen LogP contribution in [0.1, 0.15) is 43.2 Å². The summed E-state index contributed by atoms with van der Waals surface area (Å²) < 4.78 is 2.23. The maximum atomic E-state index is 4.62. The zero-order chi connectivity index (χ0) is 12.4. The van der Waals surface area contributed by atoms with Crippen LogP contribution in [0, 0.1) is 0 Å². The van der Waals surface area contributed by atoms with Gasteiger partial charge >= 0.3 is 0 Å². The highest BCUT2D eigenvalue weighted by Crippen LogP contribution is 2.27. The first-order valence-electron chi connectivity index (χ1n) is 7.26. The van der Waals surface area contributed by atoms with E-state index >= 15 is 0 Å². The molecule has 0 aromatic carbocycles. The average molecular weight is 248 g/mol. The molecule has 100 valence electrons. The molecule has 2 fully saturated rings. The lowest BCUT2D eigenvalue weighted by molar-refractivity contribution is 0.212. The molecule has 4 nitrogen and oxygen atoms in total. The third-order valence-electron chi connectivity index (χ3n) is 4.49. The monoisotopic (exact) mass is 248 g/mol. The molecule has 2 aliphatic heterocycles. The molecule has 3 rings (SSSR count). The molecule has 0 radical (unpaired) electrons. The summed E-state index contributed by atoms with van der Waals surface area (Å²) in [7, 11) is 2.21. The molecular weight excluding hydrogens is 224 g/mol. The zero-order valence-electron chi connectivity index (χ0n) is 11.3. The molecule has 2 saturated heterocycles. The highest BCUT2D eigenvalue weighted by atomic mass is 15.3. The number of piperidine rings is 2. The second kappa shape index (κ2) is 5.41. The molecule has 1 aromatic heterocycles. The van der Waals surface area contributed by atoms with Crippen LogP contribution in [0.3, 0.4) is 0 Å². The van der Waals surface area contributed by atoms with Gasteiger partial charge in [-0.1, -0.05) is 0 Å². The van der Waals surface area contributed by atoms with Crippen LogP contribution in [0.4, 0.5) is 0 Å². The Labute approximate surface area is 109 Å². The number of aromatic nitrogens is 2. The van der Waals surface area contributed by atoms with Gasteiger partial charge in [0.15, 0.2) is 0 Å². The third kappa shape index (κ3) is 2.59. The molecule has 18 heavy (non-hydrogen) atoms. The van der Waals surface area contributed by atoms with Gasteiger partial charge in [-0.15, -0.1) is 0 Å². The van der Waals surface area contributed by atoms with Crippen LogP contribution in [0.5, 0.6) is 0 Å². The van der Waals surface area contributed by atoms with E-state index in [-0.39, 0.29) is 0 Å². The highest BCUT2D eigenvalue weighted by Gasteiger charge is 2.21. The van der Waals surface area contributed by atoms with Gasteiger partial charge < -0.3 is 10.2 Å². The quantitative estimate of drug-likeness (QED) is 0.863. The van der Waals surface area contributed by atoms with Gasteiger partial charge in [-0.05, 0) is 70.4 Å². The fourth-order valence-corrected chi connectivity index (χ4v) is 3.18. The second-order valence-corrected chi connectivity index (χ2v) is 5.81. The summed E-state index contributed by atoms with van der Waals surface area (Å²) in [5, 5.41) is 8.04. The first-order chi connectivity index (χ1) is 8.83. The Morgan fingerprint density at radius 1 is 1.17 bits per heavy atom. The fourth-order valence-electron chi connectivity index (χ4n) is 3.18. The molecule has 0 spiro atoms. The Bertz CT molecular complexity index is 373. The number of hydrogen-bond acceptors (Lipinski definition) is 3. The van der Waals surface area contributed by atoms with E-state index in [2.05, 4.69) is 39.4 Å². The summed E-state index contributed by atoms with van der Waals surface area (Å²) in [6, 6.07) is 0.622. The van der Waals surface area contributed by atoms with Crippen LogP contribution >= 0.6 is 0 Å². The van der Waals surface area contributed by atoms with E-state index in [1.807, 2.05) is 0 Å². The molecule has 1 N–H and O–H groups in total. The Kier molecular flexibility index (Phi) is 3.66. The molecule has 0 unspecified atom stereocenters. The van der Waals surface area contributed by atoms with Crippen molar-refractivity contribution in [2.75, 3.05) is 33.2 Å². The van der Waals surface area contributed by atoms with E-state index in [4.69, 9.17) is 0 Å². The minimum absolute atomic E-state index is 0.622. The molecule has 0 saturated carbocycles. The van der Waals surface area contributed by atoms with E-state index in [1.165, 1.54) is 44.3 Å². The maximum Gasteiger partial charge on any atom is 0.0543 e. The summed E-state index contributed by atoms with van der Waals surface area (Å²) in [5.74, 6) is 0.728. The van der Waals surface area contributed by atoms with Crippen molar-refractivity contribution in [1.29, 1.82) is 0 Å². The van der Waals surface area contributed by atoms with E-state index in [0.717, 1.165) is 19.0 Å². The van der Waals surface area contributed by atoms with Gasteiger partial charge in [-0.25, -0.2) is 0 Å². The van der Waals surface area contributed by atoms with Gasteiger partial charge in [-0.3, -0.25) is 4.68 Å². The van der Waals surface area contributed by atoms with Crippen LogP contribution in [-0.2, 0) is 0 Å². The van der Waals surface area contributed by atoms with Crippen molar-refractivity contribution in [2.45, 2.75) is 37.6 Å². The molecule has 0 atom stereocenters. The molecular formula is C14H24N4. The number of hydrogen-bond donors (Lipinski definition) is 1.